The fraction of sp³-hybridized carbons (Fsp3) is 0.400. The van der Waals surface area contributed by atoms with Gasteiger partial charge in [0.15, 0.2) is 0 Å². The first-order chi connectivity index (χ1) is 12.9. The Morgan fingerprint density at radius 2 is 1.93 bits per heavy atom. The molecule has 0 saturated heterocycles. The third-order valence-electron chi connectivity index (χ3n) is 4.61. The molecule has 0 unspecified atom stereocenters. The summed E-state index contributed by atoms with van der Waals surface area (Å²) in [7, 11) is 0. The van der Waals surface area contributed by atoms with Crippen LogP contribution in [0.5, 0.6) is 0 Å². The van der Waals surface area contributed by atoms with E-state index in [4.69, 9.17) is 9.15 Å². The summed E-state index contributed by atoms with van der Waals surface area (Å²) in [5.74, 6) is 0.737. The summed E-state index contributed by atoms with van der Waals surface area (Å²) >= 11 is 0. The first-order valence-electron chi connectivity index (χ1n) is 9.02. The van der Waals surface area contributed by atoms with Crippen molar-refractivity contribution in [3.63, 3.8) is 0 Å². The van der Waals surface area contributed by atoms with Crippen LogP contribution in [-0.2, 0) is 4.74 Å². The van der Waals surface area contributed by atoms with Crippen LogP contribution in [-0.4, -0.2) is 24.1 Å². The van der Waals surface area contributed by atoms with Gasteiger partial charge in [0.25, 0.3) is 5.91 Å². The third kappa shape index (κ3) is 5.09. The maximum absolute atomic E-state index is 12.9. The van der Waals surface area contributed by atoms with Gasteiger partial charge in [-0.3, -0.25) is 10.1 Å². The van der Waals surface area contributed by atoms with Crippen LogP contribution >= 0.6 is 0 Å². The highest BCUT2D eigenvalue weighted by Crippen LogP contribution is 2.23. The monoisotopic (exact) mass is 374 g/mol. The fourth-order valence-corrected chi connectivity index (χ4v) is 3.33. The van der Waals surface area contributed by atoms with Crippen LogP contribution in [0, 0.1) is 19.7 Å². The van der Waals surface area contributed by atoms with Gasteiger partial charge in [0.1, 0.15) is 23.4 Å². The van der Waals surface area contributed by atoms with Gasteiger partial charge in [-0.25, -0.2) is 9.18 Å². The Hall–Kier alpha value is -2.83. The lowest BCUT2D eigenvalue weighted by Gasteiger charge is -2.29. The SMILES string of the molecule is Cc1cc(C(=O)N[C@H]2CCC[C@@H](OC(=O)Nc3ccc(F)cc3)C2)c(C)o1. The number of carbonyl (C=O) groups excluding carboxylic acids is 2. The van der Waals surface area contributed by atoms with Gasteiger partial charge in [-0.15, -0.1) is 0 Å². The van der Waals surface area contributed by atoms with Gasteiger partial charge in [-0.05, 0) is 63.4 Å². The second kappa shape index (κ2) is 8.24. The number of furan rings is 1. The Kier molecular flexibility index (Phi) is 5.78. The second-order valence-electron chi connectivity index (χ2n) is 6.82. The standard InChI is InChI=1S/C20H23FN2O4/c1-12-10-18(13(2)26-12)19(24)22-16-4-3-5-17(11-16)27-20(25)23-15-8-6-14(21)7-9-15/h6-10,16-17H,3-5,11H2,1-2H3,(H,22,24)(H,23,25)/t16-,17+/m0/s1. The molecule has 144 valence electrons. The molecule has 1 fully saturated rings. The van der Waals surface area contributed by atoms with Gasteiger partial charge >= 0.3 is 6.09 Å². The molecule has 2 amide bonds. The van der Waals surface area contributed by atoms with E-state index < -0.39 is 6.09 Å². The molecule has 27 heavy (non-hydrogen) atoms. The predicted octanol–water partition coefficient (Wildman–Crippen LogP) is 4.33. The molecule has 2 atom stereocenters. The number of carbonyl (C=O) groups is 2. The number of rotatable bonds is 4. The molecule has 6 nitrogen and oxygen atoms in total. The van der Waals surface area contributed by atoms with Crippen LogP contribution in [0.15, 0.2) is 34.7 Å². The summed E-state index contributed by atoms with van der Waals surface area (Å²) in [6.45, 7) is 3.56. The number of hydrogen-bond donors (Lipinski definition) is 2. The van der Waals surface area contributed by atoms with E-state index in [1.165, 1.54) is 24.3 Å². The summed E-state index contributed by atoms with van der Waals surface area (Å²) in [5.41, 5.74) is 0.998. The Bertz CT molecular complexity index is 816. The summed E-state index contributed by atoms with van der Waals surface area (Å²) in [4.78, 5) is 24.5. The minimum atomic E-state index is -0.583. The number of halogens is 1. The maximum Gasteiger partial charge on any atom is 0.411 e. The molecule has 1 aromatic carbocycles. The van der Waals surface area contributed by atoms with Crippen LogP contribution in [0.25, 0.3) is 0 Å². The Labute approximate surface area is 157 Å². The van der Waals surface area contributed by atoms with Gasteiger partial charge in [-0.2, -0.15) is 0 Å². The second-order valence-corrected chi connectivity index (χ2v) is 6.82. The highest BCUT2D eigenvalue weighted by Gasteiger charge is 2.27. The van der Waals surface area contributed by atoms with Gasteiger partial charge in [0, 0.05) is 18.2 Å². The van der Waals surface area contributed by atoms with Crippen molar-refractivity contribution in [2.75, 3.05) is 5.32 Å². The van der Waals surface area contributed by atoms with Crippen LogP contribution in [0.4, 0.5) is 14.9 Å². The van der Waals surface area contributed by atoms with E-state index in [1.807, 2.05) is 0 Å². The zero-order valence-electron chi connectivity index (χ0n) is 15.4. The molecule has 2 N–H and O–H groups in total. The maximum atomic E-state index is 12.9. The number of ether oxygens (including phenoxy) is 1. The first-order valence-corrected chi connectivity index (χ1v) is 9.02. The van der Waals surface area contributed by atoms with Gasteiger partial charge in [-0.1, -0.05) is 0 Å². The molecule has 0 radical (unpaired) electrons. The lowest BCUT2D eigenvalue weighted by Crippen LogP contribution is -2.41. The molecule has 2 aromatic rings. The minimum absolute atomic E-state index is 0.0653. The van der Waals surface area contributed by atoms with E-state index in [0.29, 0.717) is 29.2 Å². The molecule has 0 spiro atoms. The van der Waals surface area contributed by atoms with Crippen molar-refractivity contribution in [1.82, 2.24) is 5.32 Å². The first kappa shape index (κ1) is 18.9. The van der Waals surface area contributed by atoms with Crippen molar-refractivity contribution >= 4 is 17.7 Å². The van der Waals surface area contributed by atoms with Crippen molar-refractivity contribution in [3.8, 4) is 0 Å². The zero-order valence-corrected chi connectivity index (χ0v) is 15.4. The van der Waals surface area contributed by atoms with Crippen molar-refractivity contribution in [2.24, 2.45) is 0 Å². The molecule has 1 aliphatic carbocycles. The lowest BCUT2D eigenvalue weighted by molar-refractivity contribution is 0.0712. The molecule has 1 saturated carbocycles. The predicted molar refractivity (Wildman–Crippen MR) is 98.2 cm³/mol. The number of nitrogens with one attached hydrogen (secondary N) is 2. The zero-order chi connectivity index (χ0) is 19.4. The largest absolute Gasteiger partial charge is 0.466 e. The molecule has 3 rings (SSSR count). The van der Waals surface area contributed by atoms with Gasteiger partial charge in [0.2, 0.25) is 0 Å². The van der Waals surface area contributed by atoms with Crippen LogP contribution in [0.1, 0.15) is 47.6 Å². The highest BCUT2D eigenvalue weighted by atomic mass is 19.1. The number of anilines is 1. The number of hydrogen-bond acceptors (Lipinski definition) is 4. The molecular formula is C20H23FN2O4. The topological polar surface area (TPSA) is 80.6 Å². The van der Waals surface area contributed by atoms with E-state index >= 15 is 0 Å². The van der Waals surface area contributed by atoms with Crippen LogP contribution in [0.3, 0.4) is 0 Å². The molecular weight excluding hydrogens is 351 g/mol. The minimum Gasteiger partial charge on any atom is -0.466 e. The van der Waals surface area contributed by atoms with E-state index in [1.54, 1.807) is 19.9 Å². The van der Waals surface area contributed by atoms with E-state index in [9.17, 15) is 14.0 Å². The molecule has 1 heterocycles. The Balaban J connectivity index is 1.51. The lowest BCUT2D eigenvalue weighted by atomic mass is 9.92. The molecule has 0 bridgehead atoms. The Morgan fingerprint density at radius 3 is 2.59 bits per heavy atom. The average molecular weight is 374 g/mol. The van der Waals surface area contributed by atoms with Gasteiger partial charge in [0.05, 0.1) is 5.56 Å². The van der Waals surface area contributed by atoms with Crippen molar-refractivity contribution in [1.29, 1.82) is 0 Å². The number of amides is 2. The summed E-state index contributed by atoms with van der Waals surface area (Å²) < 4.78 is 23.8. The quantitative estimate of drug-likeness (QED) is 0.835. The molecule has 0 aliphatic heterocycles. The summed E-state index contributed by atoms with van der Waals surface area (Å²) in [6, 6.07) is 7.12. The Morgan fingerprint density at radius 1 is 1.19 bits per heavy atom. The fourth-order valence-electron chi connectivity index (χ4n) is 3.33. The molecule has 1 aromatic heterocycles. The number of benzene rings is 1. The third-order valence-corrected chi connectivity index (χ3v) is 4.61. The van der Waals surface area contributed by atoms with Crippen molar-refractivity contribution < 1.29 is 23.1 Å². The van der Waals surface area contributed by atoms with Crippen molar-refractivity contribution in [2.45, 2.75) is 51.7 Å². The number of aryl methyl sites for hydroxylation is 2. The smallest absolute Gasteiger partial charge is 0.411 e. The van der Waals surface area contributed by atoms with E-state index in [-0.39, 0.29) is 23.9 Å². The van der Waals surface area contributed by atoms with E-state index in [2.05, 4.69) is 10.6 Å². The normalized spacial score (nSPS) is 19.4. The van der Waals surface area contributed by atoms with E-state index in [0.717, 1.165) is 19.3 Å². The summed E-state index contributed by atoms with van der Waals surface area (Å²) in [6.07, 6.45) is 2.12. The van der Waals surface area contributed by atoms with Crippen LogP contribution in [0.2, 0.25) is 0 Å². The highest BCUT2D eigenvalue weighted by molar-refractivity contribution is 5.95. The molecule has 1 aliphatic rings. The van der Waals surface area contributed by atoms with Crippen LogP contribution < -0.4 is 10.6 Å². The summed E-state index contributed by atoms with van der Waals surface area (Å²) in [5, 5.41) is 5.58. The van der Waals surface area contributed by atoms with Gasteiger partial charge < -0.3 is 14.5 Å². The average Bonchev–Trinajstić information content (AvgIpc) is 2.95. The van der Waals surface area contributed by atoms with Crippen molar-refractivity contribution in [3.05, 3.63) is 53.2 Å². The molecule has 7 heteroatoms.